The Kier molecular flexibility index (Phi) is 5.43. The molecule has 0 aromatic carbocycles. The van der Waals surface area contributed by atoms with Crippen LogP contribution in [0.3, 0.4) is 0 Å². The molecule has 0 N–H and O–H groups in total. The molecule has 0 radical (unpaired) electrons. The van der Waals surface area contributed by atoms with Crippen molar-refractivity contribution in [3.63, 3.8) is 0 Å². The molecule has 0 aliphatic carbocycles. The summed E-state index contributed by atoms with van der Waals surface area (Å²) in [5.74, 6) is 0. The highest BCUT2D eigenvalue weighted by molar-refractivity contribution is 5.91. The molecule has 0 bridgehead atoms. The van der Waals surface area contributed by atoms with Gasteiger partial charge in [0.2, 0.25) is 0 Å². The zero-order chi connectivity index (χ0) is 11.2. The zero-order valence-corrected chi connectivity index (χ0v) is 9.89. The molecule has 0 saturated heterocycles. The molecule has 0 aliphatic rings. The summed E-state index contributed by atoms with van der Waals surface area (Å²) in [7, 11) is 0. The summed E-state index contributed by atoms with van der Waals surface area (Å²) >= 11 is 0. The fourth-order valence-corrected chi connectivity index (χ4v) is 0.929. The van der Waals surface area contributed by atoms with Crippen LogP contribution in [0.25, 0.3) is 0 Å². The van der Waals surface area contributed by atoms with Gasteiger partial charge in [-0.05, 0) is 40.5 Å². The normalized spacial score (nSPS) is 12.8. The number of rotatable bonds is 3. The molecule has 3 nitrogen and oxygen atoms in total. The van der Waals surface area contributed by atoms with E-state index < -0.39 is 11.7 Å². The number of unbranched alkanes of at least 4 members (excludes halogenated alkanes) is 1. The first-order chi connectivity index (χ1) is 6.35. The molecule has 0 aliphatic heterocycles. The smallest absolute Gasteiger partial charge is 0.434 e. The Morgan fingerprint density at radius 2 is 1.93 bits per heavy atom. The van der Waals surface area contributed by atoms with Gasteiger partial charge in [0.25, 0.3) is 0 Å². The number of aliphatic imine (C=N–C) groups is 1. The number of nitrogens with zero attached hydrogens (tertiary/aromatic N) is 1. The Labute approximate surface area is 86.6 Å². The van der Waals surface area contributed by atoms with Crippen molar-refractivity contribution in [1.82, 2.24) is 0 Å². The molecule has 0 fully saturated rings. The first-order valence-electron chi connectivity index (χ1n) is 5.12. The van der Waals surface area contributed by atoms with Crippen LogP contribution in [0.2, 0.25) is 0 Å². The molecule has 0 rings (SSSR count). The van der Waals surface area contributed by atoms with Crippen molar-refractivity contribution in [3.05, 3.63) is 0 Å². The Hall–Kier alpha value is -0.860. The minimum Gasteiger partial charge on any atom is -0.442 e. The molecule has 3 heteroatoms. The maximum absolute atomic E-state index is 11.2. The van der Waals surface area contributed by atoms with E-state index in [1.165, 1.54) is 0 Å². The molecule has 0 heterocycles. The third-order valence-corrected chi connectivity index (χ3v) is 1.57. The first kappa shape index (κ1) is 13.1. The van der Waals surface area contributed by atoms with Crippen LogP contribution in [0, 0.1) is 0 Å². The minimum absolute atomic E-state index is 0.453. The minimum atomic E-state index is -0.480. The quantitative estimate of drug-likeness (QED) is 0.652. The van der Waals surface area contributed by atoms with Gasteiger partial charge in [0.15, 0.2) is 0 Å². The Bertz CT molecular complexity index is 214. The van der Waals surface area contributed by atoms with Crippen LogP contribution in [-0.4, -0.2) is 17.4 Å². The molecule has 14 heavy (non-hydrogen) atoms. The standard InChI is InChI=1S/C11H21NO2/c1-6-7-8-9(2)12-10(13)14-11(3,4)5/h6-8H2,1-5H3/b12-9+. The Morgan fingerprint density at radius 3 is 2.36 bits per heavy atom. The average Bonchev–Trinajstić information content (AvgIpc) is 1.96. The van der Waals surface area contributed by atoms with E-state index in [1.807, 2.05) is 27.7 Å². The monoisotopic (exact) mass is 199 g/mol. The lowest BCUT2D eigenvalue weighted by Gasteiger charge is -2.17. The second-order valence-corrected chi connectivity index (χ2v) is 4.43. The van der Waals surface area contributed by atoms with Gasteiger partial charge in [0.05, 0.1) is 0 Å². The second-order valence-electron chi connectivity index (χ2n) is 4.43. The predicted octanol–water partition coefficient (Wildman–Crippen LogP) is 3.57. The number of carbonyl (C=O) groups excluding carboxylic acids is 1. The highest BCUT2D eigenvalue weighted by Gasteiger charge is 2.15. The summed E-state index contributed by atoms with van der Waals surface area (Å²) in [5.41, 5.74) is 0.395. The fraction of sp³-hybridized carbons (Fsp3) is 0.818. The lowest BCUT2D eigenvalue weighted by molar-refractivity contribution is 0.0604. The average molecular weight is 199 g/mol. The van der Waals surface area contributed by atoms with E-state index in [9.17, 15) is 4.79 Å². The van der Waals surface area contributed by atoms with Crippen molar-refractivity contribution < 1.29 is 9.53 Å². The number of hydrogen-bond acceptors (Lipinski definition) is 2. The summed E-state index contributed by atoms with van der Waals surface area (Å²) < 4.78 is 5.06. The van der Waals surface area contributed by atoms with E-state index in [0.29, 0.717) is 0 Å². The van der Waals surface area contributed by atoms with Crippen molar-refractivity contribution in [1.29, 1.82) is 0 Å². The van der Waals surface area contributed by atoms with Gasteiger partial charge in [0.1, 0.15) is 5.60 Å². The van der Waals surface area contributed by atoms with Gasteiger partial charge >= 0.3 is 6.09 Å². The van der Waals surface area contributed by atoms with Crippen molar-refractivity contribution in [2.75, 3.05) is 0 Å². The van der Waals surface area contributed by atoms with Gasteiger partial charge in [-0.25, -0.2) is 4.79 Å². The van der Waals surface area contributed by atoms with Crippen molar-refractivity contribution in [3.8, 4) is 0 Å². The maximum atomic E-state index is 11.2. The lowest BCUT2D eigenvalue weighted by Crippen LogP contribution is -2.22. The molecule has 82 valence electrons. The van der Waals surface area contributed by atoms with Crippen molar-refractivity contribution in [2.45, 2.75) is 59.5 Å². The van der Waals surface area contributed by atoms with Crippen molar-refractivity contribution in [2.24, 2.45) is 4.99 Å². The number of carbonyl (C=O) groups is 1. The highest BCUT2D eigenvalue weighted by atomic mass is 16.6. The van der Waals surface area contributed by atoms with Crippen LogP contribution in [0.4, 0.5) is 4.79 Å². The molecule has 0 aromatic rings. The van der Waals surface area contributed by atoms with Crippen LogP contribution in [-0.2, 0) is 4.74 Å². The van der Waals surface area contributed by atoms with E-state index in [0.717, 1.165) is 25.0 Å². The summed E-state index contributed by atoms with van der Waals surface area (Å²) in [6, 6.07) is 0. The topological polar surface area (TPSA) is 38.7 Å². The van der Waals surface area contributed by atoms with E-state index >= 15 is 0 Å². The van der Waals surface area contributed by atoms with Crippen LogP contribution in [0.5, 0.6) is 0 Å². The van der Waals surface area contributed by atoms with Gasteiger partial charge in [-0.3, -0.25) is 0 Å². The summed E-state index contributed by atoms with van der Waals surface area (Å²) in [5, 5.41) is 0. The fourth-order valence-electron chi connectivity index (χ4n) is 0.929. The van der Waals surface area contributed by atoms with Crippen LogP contribution < -0.4 is 0 Å². The van der Waals surface area contributed by atoms with Gasteiger partial charge < -0.3 is 4.74 Å². The summed E-state index contributed by atoms with van der Waals surface area (Å²) in [4.78, 5) is 15.1. The van der Waals surface area contributed by atoms with E-state index in [4.69, 9.17) is 4.74 Å². The van der Waals surface area contributed by atoms with Gasteiger partial charge in [-0.15, -0.1) is 0 Å². The SMILES string of the molecule is CCCC/C(C)=N/C(=O)OC(C)(C)C. The molecule has 0 atom stereocenters. The van der Waals surface area contributed by atoms with Gasteiger partial charge in [-0.1, -0.05) is 13.3 Å². The highest BCUT2D eigenvalue weighted by Crippen LogP contribution is 2.08. The van der Waals surface area contributed by atoms with E-state index in [2.05, 4.69) is 11.9 Å². The molecular weight excluding hydrogens is 178 g/mol. The van der Waals surface area contributed by atoms with Crippen LogP contribution in [0.15, 0.2) is 4.99 Å². The maximum Gasteiger partial charge on any atom is 0.434 e. The number of ether oxygens (including phenoxy) is 1. The number of hydrogen-bond donors (Lipinski definition) is 0. The van der Waals surface area contributed by atoms with E-state index in [1.54, 1.807) is 0 Å². The predicted molar refractivity (Wildman–Crippen MR) is 58.9 cm³/mol. The van der Waals surface area contributed by atoms with Crippen LogP contribution in [0.1, 0.15) is 53.9 Å². The van der Waals surface area contributed by atoms with Crippen LogP contribution >= 0.6 is 0 Å². The molecule has 0 unspecified atom stereocenters. The van der Waals surface area contributed by atoms with E-state index in [-0.39, 0.29) is 0 Å². The Morgan fingerprint density at radius 1 is 1.36 bits per heavy atom. The largest absolute Gasteiger partial charge is 0.442 e. The third kappa shape index (κ3) is 7.77. The van der Waals surface area contributed by atoms with Crippen molar-refractivity contribution >= 4 is 11.8 Å². The molecule has 0 saturated carbocycles. The third-order valence-electron chi connectivity index (χ3n) is 1.57. The van der Waals surface area contributed by atoms with Gasteiger partial charge in [0, 0.05) is 5.71 Å². The second kappa shape index (κ2) is 5.78. The molecule has 1 amide bonds. The summed E-state index contributed by atoms with van der Waals surface area (Å²) in [6.45, 7) is 9.48. The first-order valence-corrected chi connectivity index (χ1v) is 5.12. The Balaban J connectivity index is 4.02. The zero-order valence-electron chi connectivity index (χ0n) is 9.89. The lowest BCUT2D eigenvalue weighted by atomic mass is 10.2. The molecule has 0 spiro atoms. The molecular formula is C11H21NO2. The molecule has 0 aromatic heterocycles. The summed E-state index contributed by atoms with van der Waals surface area (Å²) in [6.07, 6.45) is 2.57. The number of amides is 1. The van der Waals surface area contributed by atoms with Gasteiger partial charge in [-0.2, -0.15) is 4.99 Å².